The van der Waals surface area contributed by atoms with Crippen LogP contribution in [0, 0.1) is 18.3 Å². The number of fused-ring (bicyclic) bond motifs is 3. The van der Waals surface area contributed by atoms with Gasteiger partial charge < -0.3 is 10.1 Å². The maximum Gasteiger partial charge on any atom is 0.231 e. The molecule has 0 unspecified atom stereocenters. The molecule has 1 N–H and O–H groups in total. The van der Waals surface area contributed by atoms with Gasteiger partial charge in [0, 0.05) is 11.5 Å². The van der Waals surface area contributed by atoms with Crippen LogP contribution in [0.5, 0.6) is 5.75 Å². The molecule has 1 aliphatic rings. The number of ether oxygens (including phenoxy) is 1. The number of benzene rings is 1. The number of hydrogen-bond acceptors (Lipinski definition) is 6. The smallest absolute Gasteiger partial charge is 0.231 e. The Hall–Kier alpha value is -2.79. The summed E-state index contributed by atoms with van der Waals surface area (Å²) in [6.07, 6.45) is 3.39. The molecule has 0 radical (unpaired) electrons. The highest BCUT2D eigenvalue weighted by Crippen LogP contribution is 2.30. The summed E-state index contributed by atoms with van der Waals surface area (Å²) in [6, 6.07) is 10.2. The van der Waals surface area contributed by atoms with Crippen molar-refractivity contribution in [2.24, 2.45) is 0 Å². The lowest BCUT2D eigenvalue weighted by molar-refractivity contribution is -0.119. The monoisotopic (exact) mass is 395 g/mol. The summed E-state index contributed by atoms with van der Waals surface area (Å²) < 4.78 is 7.31. The Morgan fingerprint density at radius 3 is 2.86 bits per heavy atom. The van der Waals surface area contributed by atoms with E-state index in [9.17, 15) is 10.1 Å². The first kappa shape index (κ1) is 18.6. The topological polar surface area (TPSA) is 92.3 Å². The number of hydrogen-bond donors (Lipinski definition) is 1. The Kier molecular flexibility index (Phi) is 4.85. The fourth-order valence-corrected chi connectivity index (χ4v) is 4.55. The van der Waals surface area contributed by atoms with E-state index >= 15 is 0 Å². The summed E-state index contributed by atoms with van der Waals surface area (Å²) in [5.41, 5.74) is 2.06. The third-order valence-corrected chi connectivity index (χ3v) is 6.19. The molecule has 1 fully saturated rings. The zero-order valence-corrected chi connectivity index (χ0v) is 16.7. The van der Waals surface area contributed by atoms with Crippen LogP contribution >= 0.6 is 11.8 Å². The predicted molar refractivity (Wildman–Crippen MR) is 107 cm³/mol. The second-order valence-corrected chi connectivity index (χ2v) is 8.07. The highest BCUT2D eigenvalue weighted by molar-refractivity contribution is 7.99. The number of aromatic nitrogens is 3. The van der Waals surface area contributed by atoms with E-state index in [-0.39, 0.29) is 11.7 Å². The molecule has 144 valence electrons. The van der Waals surface area contributed by atoms with Crippen molar-refractivity contribution in [2.45, 2.75) is 43.3 Å². The van der Waals surface area contributed by atoms with Gasteiger partial charge in [0.05, 0.1) is 24.4 Å². The van der Waals surface area contributed by atoms with Crippen molar-refractivity contribution < 1.29 is 9.53 Å². The van der Waals surface area contributed by atoms with Crippen molar-refractivity contribution >= 4 is 34.2 Å². The largest absolute Gasteiger partial charge is 0.497 e. The summed E-state index contributed by atoms with van der Waals surface area (Å²) in [6.45, 7) is 2.03. The molecule has 7 nitrogen and oxygen atoms in total. The van der Waals surface area contributed by atoms with Crippen molar-refractivity contribution in [2.75, 3.05) is 12.9 Å². The number of pyridine rings is 1. The third kappa shape index (κ3) is 3.27. The quantitative estimate of drug-likeness (QED) is 0.667. The first-order valence-corrected chi connectivity index (χ1v) is 10.2. The van der Waals surface area contributed by atoms with Gasteiger partial charge in [-0.2, -0.15) is 5.26 Å². The number of amides is 1. The zero-order valence-electron chi connectivity index (χ0n) is 15.9. The van der Waals surface area contributed by atoms with E-state index in [1.807, 2.05) is 35.6 Å². The lowest BCUT2D eigenvalue weighted by Gasteiger charge is -2.21. The zero-order chi connectivity index (χ0) is 19.7. The summed E-state index contributed by atoms with van der Waals surface area (Å²) in [7, 11) is 1.63. The number of carbonyl (C=O) groups excluding carboxylic acids is 1. The molecule has 0 saturated heterocycles. The van der Waals surface area contributed by atoms with E-state index in [0.717, 1.165) is 53.5 Å². The van der Waals surface area contributed by atoms with Crippen molar-refractivity contribution in [1.82, 2.24) is 19.9 Å². The summed E-state index contributed by atoms with van der Waals surface area (Å²) >= 11 is 1.32. The lowest BCUT2D eigenvalue weighted by Crippen LogP contribution is -2.45. The molecule has 1 saturated carbocycles. The molecule has 2 aromatic heterocycles. The predicted octanol–water partition coefficient (Wildman–Crippen LogP) is 3.24. The van der Waals surface area contributed by atoms with Gasteiger partial charge in [0.25, 0.3) is 0 Å². The number of thioether (sulfide) groups is 1. The van der Waals surface area contributed by atoms with Crippen LogP contribution in [-0.4, -0.2) is 38.9 Å². The second kappa shape index (κ2) is 7.32. The minimum Gasteiger partial charge on any atom is -0.497 e. The molecule has 8 heteroatoms. The average molecular weight is 395 g/mol. The van der Waals surface area contributed by atoms with Crippen LogP contribution in [0.25, 0.3) is 16.6 Å². The molecule has 4 rings (SSSR count). The maximum atomic E-state index is 12.5. The molecule has 1 amide bonds. The van der Waals surface area contributed by atoms with Gasteiger partial charge in [-0.25, -0.2) is 0 Å². The number of nitrogens with zero attached hydrogens (tertiary/aromatic N) is 4. The average Bonchev–Trinajstić information content (AvgIpc) is 3.33. The van der Waals surface area contributed by atoms with Gasteiger partial charge >= 0.3 is 0 Å². The molecule has 2 heterocycles. The van der Waals surface area contributed by atoms with Crippen LogP contribution in [0.2, 0.25) is 0 Å². The SMILES string of the molecule is COc1ccc2c(C)cc3nnc(SCC(=O)NC4(C#N)CCCC4)n3c2c1. The third-order valence-electron chi connectivity index (χ3n) is 5.26. The second-order valence-electron chi connectivity index (χ2n) is 7.12. The van der Waals surface area contributed by atoms with E-state index in [4.69, 9.17) is 4.74 Å². The van der Waals surface area contributed by atoms with E-state index in [1.54, 1.807) is 7.11 Å². The molecular weight excluding hydrogens is 374 g/mol. The van der Waals surface area contributed by atoms with Gasteiger partial charge in [-0.15, -0.1) is 10.2 Å². The van der Waals surface area contributed by atoms with Crippen LogP contribution < -0.4 is 10.1 Å². The molecule has 3 aromatic rings. The van der Waals surface area contributed by atoms with E-state index in [1.165, 1.54) is 11.8 Å². The van der Waals surface area contributed by atoms with E-state index in [2.05, 4.69) is 21.6 Å². The van der Waals surface area contributed by atoms with Gasteiger partial charge in [-0.1, -0.05) is 11.8 Å². The first-order chi connectivity index (χ1) is 13.5. The number of carbonyl (C=O) groups is 1. The highest BCUT2D eigenvalue weighted by Gasteiger charge is 2.35. The highest BCUT2D eigenvalue weighted by atomic mass is 32.2. The molecule has 0 bridgehead atoms. The van der Waals surface area contributed by atoms with Crippen molar-refractivity contribution in [3.8, 4) is 11.8 Å². The molecule has 0 spiro atoms. The van der Waals surface area contributed by atoms with Crippen LogP contribution in [0.1, 0.15) is 31.2 Å². The summed E-state index contributed by atoms with van der Waals surface area (Å²) in [5.74, 6) is 0.780. The van der Waals surface area contributed by atoms with Crippen LogP contribution in [0.3, 0.4) is 0 Å². The molecule has 1 aliphatic carbocycles. The van der Waals surface area contributed by atoms with Gasteiger partial charge in [-0.3, -0.25) is 9.20 Å². The van der Waals surface area contributed by atoms with Gasteiger partial charge in [-0.05, 0) is 56.4 Å². The number of aryl methyl sites for hydroxylation is 1. The van der Waals surface area contributed by atoms with Crippen LogP contribution in [-0.2, 0) is 4.79 Å². The normalized spacial score (nSPS) is 15.6. The van der Waals surface area contributed by atoms with Gasteiger partial charge in [0.1, 0.15) is 11.3 Å². The summed E-state index contributed by atoms with van der Waals surface area (Å²) in [5, 5.41) is 22.6. The Balaban J connectivity index is 1.61. The Labute approximate surface area is 167 Å². The Morgan fingerprint density at radius 2 is 2.14 bits per heavy atom. The van der Waals surface area contributed by atoms with Crippen molar-refractivity contribution in [1.29, 1.82) is 5.26 Å². The van der Waals surface area contributed by atoms with Crippen molar-refractivity contribution in [3.05, 3.63) is 29.8 Å². The minimum atomic E-state index is -0.707. The van der Waals surface area contributed by atoms with Gasteiger partial charge in [0.2, 0.25) is 5.91 Å². The van der Waals surface area contributed by atoms with Crippen molar-refractivity contribution in [3.63, 3.8) is 0 Å². The maximum absolute atomic E-state index is 12.5. The fourth-order valence-electron chi connectivity index (χ4n) is 3.80. The van der Waals surface area contributed by atoms with Crippen LogP contribution in [0.4, 0.5) is 0 Å². The Bertz CT molecular complexity index is 1100. The minimum absolute atomic E-state index is 0.154. The van der Waals surface area contributed by atoms with E-state index < -0.39 is 5.54 Å². The summed E-state index contributed by atoms with van der Waals surface area (Å²) in [4.78, 5) is 12.5. The number of methoxy groups -OCH3 is 1. The number of rotatable bonds is 5. The van der Waals surface area contributed by atoms with Gasteiger partial charge in [0.15, 0.2) is 10.8 Å². The lowest BCUT2D eigenvalue weighted by atomic mass is 10.0. The fraction of sp³-hybridized carbons (Fsp3) is 0.400. The molecule has 28 heavy (non-hydrogen) atoms. The molecule has 0 aliphatic heterocycles. The molecular formula is C20H21N5O2S. The number of nitrogens with one attached hydrogen (secondary N) is 1. The standard InChI is InChI=1S/C20H21N5O2S/c1-13-9-17-23-24-19(25(17)16-10-14(27-2)5-6-15(13)16)28-11-18(26)22-20(12-21)7-3-4-8-20/h5-6,9-10H,3-4,7-8,11H2,1-2H3,(H,22,26). The molecule has 1 aromatic carbocycles. The van der Waals surface area contributed by atoms with E-state index in [0.29, 0.717) is 5.16 Å². The molecule has 0 atom stereocenters. The Morgan fingerprint density at radius 1 is 1.36 bits per heavy atom. The van der Waals surface area contributed by atoms with Crippen LogP contribution in [0.15, 0.2) is 29.4 Å². The number of nitriles is 1. The first-order valence-electron chi connectivity index (χ1n) is 9.23.